The second-order valence-electron chi connectivity index (χ2n) is 3.27. The van der Waals surface area contributed by atoms with Gasteiger partial charge in [0.2, 0.25) is 0 Å². The Morgan fingerprint density at radius 2 is 2.40 bits per heavy atom. The summed E-state index contributed by atoms with van der Waals surface area (Å²) in [6.45, 7) is 0.528. The van der Waals surface area contributed by atoms with E-state index in [2.05, 4.69) is 10.3 Å². The van der Waals surface area contributed by atoms with E-state index >= 15 is 0 Å². The molecule has 0 aliphatic carbocycles. The van der Waals surface area contributed by atoms with Crippen molar-refractivity contribution < 1.29 is 9.53 Å². The van der Waals surface area contributed by atoms with Gasteiger partial charge in [0.25, 0.3) is 0 Å². The highest BCUT2D eigenvalue weighted by Crippen LogP contribution is 2.14. The van der Waals surface area contributed by atoms with E-state index in [0.717, 1.165) is 18.7 Å². The van der Waals surface area contributed by atoms with Gasteiger partial charge in [0.05, 0.1) is 12.2 Å². The Morgan fingerprint density at radius 1 is 1.47 bits per heavy atom. The van der Waals surface area contributed by atoms with Crippen molar-refractivity contribution in [3.63, 3.8) is 0 Å². The molecule has 0 saturated carbocycles. The van der Waals surface area contributed by atoms with Crippen LogP contribution in [0.3, 0.4) is 0 Å². The van der Waals surface area contributed by atoms with E-state index < -0.39 is 0 Å². The van der Waals surface area contributed by atoms with Gasteiger partial charge in [0.15, 0.2) is 0 Å². The standard InChI is InChI=1S/C11H12N2O2/c14-11-9(4-3-7-15-11)8-13-10-5-1-2-6-12-10/h1-2,5-6,8H,3-4,7H2,(H,12,13)/b9-8+. The van der Waals surface area contributed by atoms with Gasteiger partial charge in [0.1, 0.15) is 5.82 Å². The molecule has 1 N–H and O–H groups in total. The van der Waals surface area contributed by atoms with E-state index in [-0.39, 0.29) is 5.97 Å². The van der Waals surface area contributed by atoms with E-state index in [4.69, 9.17) is 4.74 Å². The molecule has 0 unspecified atom stereocenters. The molecule has 0 radical (unpaired) electrons. The number of esters is 1. The highest BCUT2D eigenvalue weighted by atomic mass is 16.5. The summed E-state index contributed by atoms with van der Waals surface area (Å²) in [5.41, 5.74) is 0.673. The summed E-state index contributed by atoms with van der Waals surface area (Å²) in [6, 6.07) is 5.56. The number of hydrogen-bond donors (Lipinski definition) is 1. The van der Waals surface area contributed by atoms with Crippen LogP contribution in [0.1, 0.15) is 12.8 Å². The Labute approximate surface area is 88.0 Å². The fraction of sp³-hybridized carbons (Fsp3) is 0.273. The fourth-order valence-corrected chi connectivity index (χ4v) is 1.36. The predicted molar refractivity (Wildman–Crippen MR) is 56.1 cm³/mol. The number of carbonyl (C=O) groups is 1. The summed E-state index contributed by atoms with van der Waals surface area (Å²) in [5.74, 6) is 0.494. The van der Waals surface area contributed by atoms with Crippen LogP contribution >= 0.6 is 0 Å². The molecule has 78 valence electrons. The number of hydrogen-bond acceptors (Lipinski definition) is 4. The van der Waals surface area contributed by atoms with Crippen molar-refractivity contribution in [2.24, 2.45) is 0 Å². The summed E-state index contributed by atoms with van der Waals surface area (Å²) >= 11 is 0. The monoisotopic (exact) mass is 204 g/mol. The van der Waals surface area contributed by atoms with Crippen LogP contribution < -0.4 is 5.32 Å². The molecule has 1 aliphatic rings. The van der Waals surface area contributed by atoms with Gasteiger partial charge < -0.3 is 10.1 Å². The highest BCUT2D eigenvalue weighted by Gasteiger charge is 2.15. The van der Waals surface area contributed by atoms with Gasteiger partial charge in [-0.25, -0.2) is 9.78 Å². The van der Waals surface area contributed by atoms with Gasteiger partial charge in [-0.1, -0.05) is 6.07 Å². The van der Waals surface area contributed by atoms with Crippen molar-refractivity contribution in [3.05, 3.63) is 36.2 Å². The Morgan fingerprint density at radius 3 is 3.13 bits per heavy atom. The lowest BCUT2D eigenvalue weighted by molar-refractivity contribution is -0.141. The lowest BCUT2D eigenvalue weighted by Crippen LogP contribution is -2.16. The second kappa shape index (κ2) is 4.59. The van der Waals surface area contributed by atoms with Gasteiger partial charge in [0, 0.05) is 12.4 Å². The van der Waals surface area contributed by atoms with E-state index in [1.54, 1.807) is 12.4 Å². The van der Waals surface area contributed by atoms with Crippen LogP contribution in [0.2, 0.25) is 0 Å². The molecule has 2 rings (SSSR count). The topological polar surface area (TPSA) is 51.2 Å². The minimum Gasteiger partial charge on any atom is -0.462 e. The number of nitrogens with zero attached hydrogens (tertiary/aromatic N) is 1. The van der Waals surface area contributed by atoms with Crippen molar-refractivity contribution >= 4 is 11.8 Å². The molecule has 1 fully saturated rings. The van der Waals surface area contributed by atoms with Crippen LogP contribution in [0.25, 0.3) is 0 Å². The maximum absolute atomic E-state index is 11.3. The quantitative estimate of drug-likeness (QED) is 0.588. The molecule has 4 heteroatoms. The Bertz CT molecular complexity index is 373. The first-order valence-corrected chi connectivity index (χ1v) is 4.90. The summed E-state index contributed by atoms with van der Waals surface area (Å²) in [6.07, 6.45) is 5.02. The van der Waals surface area contributed by atoms with Crippen molar-refractivity contribution in [3.8, 4) is 0 Å². The molecule has 0 aromatic carbocycles. The molecule has 0 atom stereocenters. The van der Waals surface area contributed by atoms with Gasteiger partial charge >= 0.3 is 5.97 Å². The van der Waals surface area contributed by atoms with Crippen molar-refractivity contribution in [2.45, 2.75) is 12.8 Å². The van der Waals surface area contributed by atoms with Crippen LogP contribution in [0.4, 0.5) is 5.82 Å². The molecule has 1 aromatic rings. The number of rotatable bonds is 2. The third kappa shape index (κ3) is 2.56. The summed E-state index contributed by atoms with van der Waals surface area (Å²) < 4.78 is 4.91. The third-order valence-electron chi connectivity index (χ3n) is 2.14. The van der Waals surface area contributed by atoms with Crippen molar-refractivity contribution in [1.82, 2.24) is 4.98 Å². The van der Waals surface area contributed by atoms with E-state index in [9.17, 15) is 4.79 Å². The lowest BCUT2D eigenvalue weighted by atomic mass is 10.1. The van der Waals surface area contributed by atoms with Crippen LogP contribution in [-0.2, 0) is 9.53 Å². The van der Waals surface area contributed by atoms with Crippen LogP contribution in [0, 0.1) is 0 Å². The molecule has 0 amide bonds. The fourth-order valence-electron chi connectivity index (χ4n) is 1.36. The Hall–Kier alpha value is -1.84. The van der Waals surface area contributed by atoms with Crippen LogP contribution in [0.15, 0.2) is 36.2 Å². The normalized spacial score (nSPS) is 18.7. The summed E-state index contributed by atoms with van der Waals surface area (Å²) in [7, 11) is 0. The SMILES string of the molecule is O=C1OCCC/C1=C\Nc1ccccn1. The zero-order valence-corrected chi connectivity index (χ0v) is 8.27. The smallest absolute Gasteiger partial charge is 0.335 e. The Balaban J connectivity index is 2.01. The molecule has 0 bridgehead atoms. The highest BCUT2D eigenvalue weighted by molar-refractivity contribution is 5.89. The average molecular weight is 204 g/mol. The minimum atomic E-state index is -0.232. The molecule has 1 saturated heterocycles. The first kappa shape index (κ1) is 9.71. The molecule has 2 heterocycles. The molecule has 0 spiro atoms. The first-order valence-electron chi connectivity index (χ1n) is 4.90. The van der Waals surface area contributed by atoms with E-state index in [0.29, 0.717) is 12.2 Å². The maximum atomic E-state index is 11.3. The summed E-state index contributed by atoms with van der Waals surface area (Å²) in [5, 5.41) is 2.97. The number of nitrogens with one attached hydrogen (secondary N) is 1. The number of pyridine rings is 1. The third-order valence-corrected chi connectivity index (χ3v) is 2.14. The lowest BCUT2D eigenvalue weighted by Gasteiger charge is -2.13. The predicted octanol–water partition coefficient (Wildman–Crippen LogP) is 1.71. The molecular formula is C11H12N2O2. The number of anilines is 1. The number of ether oxygens (including phenoxy) is 1. The van der Waals surface area contributed by atoms with E-state index in [1.807, 2.05) is 18.2 Å². The number of aromatic nitrogens is 1. The number of cyclic esters (lactones) is 1. The van der Waals surface area contributed by atoms with Gasteiger partial charge in [-0.15, -0.1) is 0 Å². The molecular weight excluding hydrogens is 192 g/mol. The molecule has 4 nitrogen and oxygen atoms in total. The maximum Gasteiger partial charge on any atom is 0.335 e. The zero-order chi connectivity index (χ0) is 10.5. The zero-order valence-electron chi connectivity index (χ0n) is 8.27. The largest absolute Gasteiger partial charge is 0.462 e. The summed E-state index contributed by atoms with van der Waals surface area (Å²) in [4.78, 5) is 15.3. The van der Waals surface area contributed by atoms with Gasteiger partial charge in [-0.05, 0) is 25.0 Å². The molecule has 1 aromatic heterocycles. The van der Waals surface area contributed by atoms with Crippen LogP contribution in [-0.4, -0.2) is 17.6 Å². The first-order chi connectivity index (χ1) is 7.36. The van der Waals surface area contributed by atoms with Crippen molar-refractivity contribution in [2.75, 3.05) is 11.9 Å². The second-order valence-corrected chi connectivity index (χ2v) is 3.27. The minimum absolute atomic E-state index is 0.232. The Kier molecular flexibility index (Phi) is 2.97. The van der Waals surface area contributed by atoms with Crippen LogP contribution in [0.5, 0.6) is 0 Å². The number of carbonyl (C=O) groups excluding carboxylic acids is 1. The van der Waals surface area contributed by atoms with Crippen molar-refractivity contribution in [1.29, 1.82) is 0 Å². The molecule has 1 aliphatic heterocycles. The average Bonchev–Trinajstić information content (AvgIpc) is 2.29. The van der Waals surface area contributed by atoms with Gasteiger partial charge in [-0.2, -0.15) is 0 Å². The van der Waals surface area contributed by atoms with E-state index in [1.165, 1.54) is 0 Å². The van der Waals surface area contributed by atoms with Gasteiger partial charge in [-0.3, -0.25) is 0 Å². The molecule has 15 heavy (non-hydrogen) atoms.